The molecule has 0 spiro atoms. The summed E-state index contributed by atoms with van der Waals surface area (Å²) in [6.07, 6.45) is 5.70. The Morgan fingerprint density at radius 3 is 2.69 bits per heavy atom. The van der Waals surface area contributed by atoms with E-state index in [1.165, 1.54) is 25.8 Å². The number of carbonyl (C=O) groups is 1. The Morgan fingerprint density at radius 1 is 1.44 bits per heavy atom. The van der Waals surface area contributed by atoms with Crippen LogP contribution in [0.3, 0.4) is 0 Å². The fourth-order valence-electron chi connectivity index (χ4n) is 2.32. The summed E-state index contributed by atoms with van der Waals surface area (Å²) in [5.74, 6) is -0.681. The van der Waals surface area contributed by atoms with E-state index in [-0.39, 0.29) is 0 Å². The van der Waals surface area contributed by atoms with Crippen molar-refractivity contribution in [2.45, 2.75) is 58.9 Å². The summed E-state index contributed by atoms with van der Waals surface area (Å²) in [6.45, 7) is 8.15. The third kappa shape index (κ3) is 3.78. The number of hydrogen-bond acceptors (Lipinski definition) is 2. The van der Waals surface area contributed by atoms with E-state index in [0.717, 1.165) is 19.4 Å². The SMILES string of the molecule is CC1CCCCN1CCCC(C)(C)C(=O)O. The normalized spacial score (nSPS) is 23.3. The van der Waals surface area contributed by atoms with Crippen LogP contribution in [0, 0.1) is 5.41 Å². The minimum atomic E-state index is -0.681. The minimum Gasteiger partial charge on any atom is -0.481 e. The van der Waals surface area contributed by atoms with E-state index in [0.29, 0.717) is 6.04 Å². The second-order valence-corrected chi connectivity index (χ2v) is 5.67. The summed E-state index contributed by atoms with van der Waals surface area (Å²) in [7, 11) is 0. The number of piperidine rings is 1. The summed E-state index contributed by atoms with van der Waals surface area (Å²) in [5.41, 5.74) is -0.570. The summed E-state index contributed by atoms with van der Waals surface area (Å²) >= 11 is 0. The van der Waals surface area contributed by atoms with Crippen LogP contribution in [0.4, 0.5) is 0 Å². The highest BCUT2D eigenvalue weighted by molar-refractivity contribution is 5.73. The van der Waals surface area contributed by atoms with Gasteiger partial charge in [-0.1, -0.05) is 6.42 Å². The largest absolute Gasteiger partial charge is 0.481 e. The summed E-state index contributed by atoms with van der Waals surface area (Å²) in [5, 5.41) is 9.02. The van der Waals surface area contributed by atoms with Crippen LogP contribution in [0.2, 0.25) is 0 Å². The van der Waals surface area contributed by atoms with Crippen LogP contribution in [-0.4, -0.2) is 35.1 Å². The maximum absolute atomic E-state index is 11.0. The first-order valence-corrected chi connectivity index (χ1v) is 6.41. The van der Waals surface area contributed by atoms with Crippen molar-refractivity contribution in [2.75, 3.05) is 13.1 Å². The Morgan fingerprint density at radius 2 is 2.12 bits per heavy atom. The lowest BCUT2D eigenvalue weighted by Gasteiger charge is -2.33. The number of nitrogens with zero attached hydrogens (tertiary/aromatic N) is 1. The topological polar surface area (TPSA) is 40.5 Å². The number of carboxylic acids is 1. The van der Waals surface area contributed by atoms with Gasteiger partial charge in [0.1, 0.15) is 0 Å². The zero-order chi connectivity index (χ0) is 12.2. The van der Waals surface area contributed by atoms with Crippen LogP contribution < -0.4 is 0 Å². The molecule has 1 unspecified atom stereocenters. The Hall–Kier alpha value is -0.570. The minimum absolute atomic E-state index is 0.570. The van der Waals surface area contributed by atoms with Crippen molar-refractivity contribution in [3.63, 3.8) is 0 Å². The first-order valence-electron chi connectivity index (χ1n) is 6.41. The van der Waals surface area contributed by atoms with Gasteiger partial charge in [0.2, 0.25) is 0 Å². The molecule has 0 amide bonds. The smallest absolute Gasteiger partial charge is 0.309 e. The number of likely N-dealkylation sites (tertiary alicyclic amines) is 1. The molecule has 1 saturated heterocycles. The lowest BCUT2D eigenvalue weighted by molar-refractivity contribution is -0.147. The van der Waals surface area contributed by atoms with Gasteiger partial charge in [-0.2, -0.15) is 0 Å². The van der Waals surface area contributed by atoms with Crippen molar-refractivity contribution in [1.29, 1.82) is 0 Å². The van der Waals surface area contributed by atoms with Gasteiger partial charge in [0.25, 0.3) is 0 Å². The highest BCUT2D eigenvalue weighted by atomic mass is 16.4. The number of rotatable bonds is 5. The quantitative estimate of drug-likeness (QED) is 0.785. The fourth-order valence-corrected chi connectivity index (χ4v) is 2.32. The van der Waals surface area contributed by atoms with E-state index in [1.54, 1.807) is 0 Å². The van der Waals surface area contributed by atoms with E-state index in [4.69, 9.17) is 5.11 Å². The second-order valence-electron chi connectivity index (χ2n) is 5.67. The molecule has 1 rings (SSSR count). The molecule has 3 nitrogen and oxygen atoms in total. The van der Waals surface area contributed by atoms with E-state index >= 15 is 0 Å². The average molecular weight is 227 g/mol. The Kier molecular flexibility index (Phi) is 4.78. The molecule has 0 aliphatic carbocycles. The fraction of sp³-hybridized carbons (Fsp3) is 0.923. The lowest BCUT2D eigenvalue weighted by atomic mass is 9.88. The molecule has 0 radical (unpaired) electrons. The second kappa shape index (κ2) is 5.67. The molecular formula is C13H25NO2. The van der Waals surface area contributed by atoms with Crippen molar-refractivity contribution in [1.82, 2.24) is 4.90 Å². The molecule has 94 valence electrons. The van der Waals surface area contributed by atoms with Gasteiger partial charge in [-0.05, 0) is 59.5 Å². The Balaban J connectivity index is 2.26. The average Bonchev–Trinajstić information content (AvgIpc) is 2.20. The van der Waals surface area contributed by atoms with Gasteiger partial charge in [0, 0.05) is 6.04 Å². The molecule has 1 heterocycles. The maximum Gasteiger partial charge on any atom is 0.309 e. The summed E-state index contributed by atoms with van der Waals surface area (Å²) in [4.78, 5) is 13.5. The summed E-state index contributed by atoms with van der Waals surface area (Å²) < 4.78 is 0. The molecule has 1 atom stereocenters. The molecule has 0 aromatic rings. The maximum atomic E-state index is 11.0. The van der Waals surface area contributed by atoms with Gasteiger partial charge >= 0.3 is 5.97 Å². The number of carboxylic acid groups (broad SMARTS) is 1. The van der Waals surface area contributed by atoms with Gasteiger partial charge in [-0.15, -0.1) is 0 Å². The van der Waals surface area contributed by atoms with Crippen molar-refractivity contribution in [3.8, 4) is 0 Å². The third-order valence-corrected chi connectivity index (χ3v) is 3.77. The van der Waals surface area contributed by atoms with Gasteiger partial charge in [0.15, 0.2) is 0 Å². The zero-order valence-corrected chi connectivity index (χ0v) is 10.8. The van der Waals surface area contributed by atoms with Gasteiger partial charge < -0.3 is 10.0 Å². The Bertz CT molecular complexity index is 238. The molecule has 16 heavy (non-hydrogen) atoms. The first kappa shape index (κ1) is 13.5. The van der Waals surface area contributed by atoms with Crippen LogP contribution in [0.1, 0.15) is 52.9 Å². The van der Waals surface area contributed by atoms with Crippen molar-refractivity contribution in [2.24, 2.45) is 5.41 Å². The number of aliphatic carboxylic acids is 1. The standard InChI is InChI=1S/C13H25NO2/c1-11-7-4-5-9-14(11)10-6-8-13(2,3)12(15)16/h11H,4-10H2,1-3H3,(H,15,16). The predicted molar refractivity (Wildman–Crippen MR) is 65.5 cm³/mol. The molecule has 1 aliphatic rings. The molecule has 0 aromatic heterocycles. The third-order valence-electron chi connectivity index (χ3n) is 3.77. The van der Waals surface area contributed by atoms with Crippen LogP contribution in [0.5, 0.6) is 0 Å². The van der Waals surface area contributed by atoms with Crippen LogP contribution in [0.25, 0.3) is 0 Å². The zero-order valence-electron chi connectivity index (χ0n) is 10.8. The molecule has 0 saturated carbocycles. The number of hydrogen-bond donors (Lipinski definition) is 1. The molecule has 1 N–H and O–H groups in total. The van der Waals surface area contributed by atoms with Crippen LogP contribution in [-0.2, 0) is 4.79 Å². The molecule has 0 bridgehead atoms. The van der Waals surface area contributed by atoms with E-state index in [1.807, 2.05) is 13.8 Å². The monoisotopic (exact) mass is 227 g/mol. The van der Waals surface area contributed by atoms with Crippen LogP contribution >= 0.6 is 0 Å². The molecular weight excluding hydrogens is 202 g/mol. The van der Waals surface area contributed by atoms with Crippen molar-refractivity contribution < 1.29 is 9.90 Å². The highest BCUT2D eigenvalue weighted by Crippen LogP contribution is 2.24. The van der Waals surface area contributed by atoms with E-state index < -0.39 is 11.4 Å². The molecule has 3 heteroatoms. The van der Waals surface area contributed by atoms with Crippen molar-refractivity contribution >= 4 is 5.97 Å². The molecule has 1 fully saturated rings. The molecule has 1 aliphatic heterocycles. The van der Waals surface area contributed by atoms with Gasteiger partial charge in [0.05, 0.1) is 5.41 Å². The van der Waals surface area contributed by atoms with Gasteiger partial charge in [-0.3, -0.25) is 4.79 Å². The van der Waals surface area contributed by atoms with E-state index in [2.05, 4.69) is 11.8 Å². The lowest BCUT2D eigenvalue weighted by Crippen LogP contribution is -2.38. The molecule has 0 aromatic carbocycles. The van der Waals surface area contributed by atoms with E-state index in [9.17, 15) is 4.79 Å². The summed E-state index contributed by atoms with van der Waals surface area (Å²) in [6, 6.07) is 0.682. The van der Waals surface area contributed by atoms with Crippen molar-refractivity contribution in [3.05, 3.63) is 0 Å². The van der Waals surface area contributed by atoms with Gasteiger partial charge in [-0.25, -0.2) is 0 Å². The van der Waals surface area contributed by atoms with Crippen LogP contribution in [0.15, 0.2) is 0 Å². The Labute approximate surface area is 98.8 Å². The first-order chi connectivity index (χ1) is 7.43. The highest BCUT2D eigenvalue weighted by Gasteiger charge is 2.27. The predicted octanol–water partition coefficient (Wildman–Crippen LogP) is 2.75.